The molecule has 0 aliphatic heterocycles. The lowest BCUT2D eigenvalue weighted by atomic mass is 10.1. The van der Waals surface area contributed by atoms with Gasteiger partial charge in [0.2, 0.25) is 0 Å². The third-order valence-corrected chi connectivity index (χ3v) is 3.46. The zero-order valence-electron chi connectivity index (χ0n) is 13.3. The molecule has 120 valence electrons. The topological polar surface area (TPSA) is 86.8 Å². The Morgan fingerprint density at radius 3 is 2.83 bits per heavy atom. The molecule has 0 saturated heterocycles. The van der Waals surface area contributed by atoms with Gasteiger partial charge in [0.25, 0.3) is 0 Å². The Labute approximate surface area is 135 Å². The molecule has 0 saturated carbocycles. The Balaban J connectivity index is 1.95. The van der Waals surface area contributed by atoms with E-state index in [0.717, 1.165) is 11.1 Å². The van der Waals surface area contributed by atoms with Crippen molar-refractivity contribution in [2.45, 2.75) is 20.0 Å². The number of nitrogens with one attached hydrogen (secondary N) is 1. The van der Waals surface area contributed by atoms with Crippen molar-refractivity contribution in [2.75, 3.05) is 13.6 Å². The lowest BCUT2D eigenvalue weighted by Gasteiger charge is -2.19. The van der Waals surface area contributed by atoms with E-state index in [1.165, 1.54) is 11.2 Å². The number of urea groups is 1. The smallest absolute Gasteiger partial charge is 0.317 e. The quantitative estimate of drug-likeness (QED) is 0.878. The monoisotopic (exact) mass is 312 g/mol. The predicted molar refractivity (Wildman–Crippen MR) is 85.2 cm³/mol. The van der Waals surface area contributed by atoms with Gasteiger partial charge in [0, 0.05) is 20.1 Å². The molecule has 0 aliphatic carbocycles. The van der Waals surface area contributed by atoms with Gasteiger partial charge in [-0.3, -0.25) is 0 Å². The van der Waals surface area contributed by atoms with E-state index in [-0.39, 0.29) is 11.9 Å². The molecule has 1 aromatic heterocycles. The maximum absolute atomic E-state index is 12.1. The van der Waals surface area contributed by atoms with Gasteiger partial charge in [0.1, 0.15) is 12.7 Å². The normalized spacial score (nSPS) is 11.5. The highest BCUT2D eigenvalue weighted by Gasteiger charge is 2.12. The van der Waals surface area contributed by atoms with Gasteiger partial charge in [0.05, 0.1) is 18.5 Å². The van der Waals surface area contributed by atoms with Crippen LogP contribution in [0.2, 0.25) is 0 Å². The SMILES string of the molecule is C[C@H](C#N)CN(C)C(=O)NCc1ccccc1Cn1cncn1. The summed E-state index contributed by atoms with van der Waals surface area (Å²) in [6.45, 7) is 3.22. The van der Waals surface area contributed by atoms with E-state index in [4.69, 9.17) is 5.26 Å². The molecule has 0 aliphatic rings. The van der Waals surface area contributed by atoms with E-state index >= 15 is 0 Å². The van der Waals surface area contributed by atoms with Crippen LogP contribution in [0.1, 0.15) is 18.1 Å². The number of benzene rings is 1. The standard InChI is InChI=1S/C16H20N6O/c1-13(7-17)9-21(2)16(23)19-8-14-5-3-4-6-15(14)10-22-12-18-11-20-22/h3-6,11-13H,8-10H2,1-2H3,(H,19,23)/t13-/m1/s1. The summed E-state index contributed by atoms with van der Waals surface area (Å²) in [5, 5.41) is 15.8. The predicted octanol–water partition coefficient (Wildman–Crippen LogP) is 1.63. The largest absolute Gasteiger partial charge is 0.334 e. The van der Waals surface area contributed by atoms with Crippen LogP contribution in [0.3, 0.4) is 0 Å². The highest BCUT2D eigenvalue weighted by molar-refractivity contribution is 5.73. The van der Waals surface area contributed by atoms with Gasteiger partial charge in [-0.05, 0) is 18.1 Å². The number of carbonyl (C=O) groups excluding carboxylic acids is 1. The first kappa shape index (κ1) is 16.5. The molecule has 1 heterocycles. The van der Waals surface area contributed by atoms with Gasteiger partial charge >= 0.3 is 6.03 Å². The molecular weight excluding hydrogens is 292 g/mol. The van der Waals surface area contributed by atoms with E-state index in [2.05, 4.69) is 21.5 Å². The fraction of sp³-hybridized carbons (Fsp3) is 0.375. The first-order chi connectivity index (χ1) is 11.1. The number of hydrogen-bond acceptors (Lipinski definition) is 4. The van der Waals surface area contributed by atoms with Crippen molar-refractivity contribution in [3.8, 4) is 6.07 Å². The van der Waals surface area contributed by atoms with Crippen LogP contribution in [0.15, 0.2) is 36.9 Å². The van der Waals surface area contributed by atoms with E-state index in [0.29, 0.717) is 19.6 Å². The van der Waals surface area contributed by atoms with Crippen molar-refractivity contribution in [1.29, 1.82) is 5.26 Å². The first-order valence-electron chi connectivity index (χ1n) is 7.38. The van der Waals surface area contributed by atoms with E-state index in [1.54, 1.807) is 25.0 Å². The fourth-order valence-corrected chi connectivity index (χ4v) is 2.21. The molecular formula is C16H20N6O. The lowest BCUT2D eigenvalue weighted by molar-refractivity contribution is 0.205. The van der Waals surface area contributed by atoms with Crippen molar-refractivity contribution in [3.63, 3.8) is 0 Å². The molecule has 2 aromatic rings. The van der Waals surface area contributed by atoms with Crippen molar-refractivity contribution >= 4 is 6.03 Å². The highest BCUT2D eigenvalue weighted by Crippen LogP contribution is 2.10. The molecule has 1 aromatic carbocycles. The number of rotatable bonds is 6. The third-order valence-electron chi connectivity index (χ3n) is 3.46. The van der Waals surface area contributed by atoms with Crippen molar-refractivity contribution in [1.82, 2.24) is 25.0 Å². The van der Waals surface area contributed by atoms with Gasteiger partial charge in [-0.15, -0.1) is 0 Å². The number of aromatic nitrogens is 3. The van der Waals surface area contributed by atoms with Gasteiger partial charge in [-0.1, -0.05) is 24.3 Å². The molecule has 0 unspecified atom stereocenters. The minimum Gasteiger partial charge on any atom is -0.334 e. The highest BCUT2D eigenvalue weighted by atomic mass is 16.2. The summed E-state index contributed by atoms with van der Waals surface area (Å²) in [5.74, 6) is -0.189. The van der Waals surface area contributed by atoms with Gasteiger partial charge in [-0.25, -0.2) is 14.5 Å². The first-order valence-corrected chi connectivity index (χ1v) is 7.38. The molecule has 1 N–H and O–H groups in total. The third kappa shape index (κ3) is 4.81. The van der Waals surface area contributed by atoms with Crippen LogP contribution in [0.5, 0.6) is 0 Å². The second-order valence-corrected chi connectivity index (χ2v) is 5.43. The van der Waals surface area contributed by atoms with Crippen LogP contribution in [0.25, 0.3) is 0 Å². The van der Waals surface area contributed by atoms with Crippen LogP contribution >= 0.6 is 0 Å². The lowest BCUT2D eigenvalue weighted by Crippen LogP contribution is -2.39. The maximum Gasteiger partial charge on any atom is 0.317 e. The molecule has 7 heteroatoms. The second kappa shape index (κ2) is 7.94. The van der Waals surface area contributed by atoms with Crippen LogP contribution in [-0.4, -0.2) is 39.3 Å². The van der Waals surface area contributed by atoms with Crippen LogP contribution in [0.4, 0.5) is 4.79 Å². The van der Waals surface area contributed by atoms with E-state index < -0.39 is 0 Å². The van der Waals surface area contributed by atoms with Crippen molar-refractivity contribution < 1.29 is 4.79 Å². The Hall–Kier alpha value is -2.88. The minimum absolute atomic E-state index is 0.189. The minimum atomic E-state index is -0.192. The number of nitriles is 1. The average molecular weight is 312 g/mol. The average Bonchev–Trinajstić information content (AvgIpc) is 3.06. The number of amides is 2. The molecule has 0 radical (unpaired) electrons. The Morgan fingerprint density at radius 1 is 1.43 bits per heavy atom. The van der Waals surface area contributed by atoms with Crippen LogP contribution in [-0.2, 0) is 13.1 Å². The van der Waals surface area contributed by atoms with E-state index in [9.17, 15) is 4.79 Å². The van der Waals surface area contributed by atoms with Crippen LogP contribution < -0.4 is 5.32 Å². The second-order valence-electron chi connectivity index (χ2n) is 5.43. The number of carbonyl (C=O) groups is 1. The number of nitrogens with zero attached hydrogens (tertiary/aromatic N) is 5. The van der Waals surface area contributed by atoms with Gasteiger partial charge in [-0.2, -0.15) is 10.4 Å². The molecule has 2 rings (SSSR count). The number of hydrogen-bond donors (Lipinski definition) is 1. The molecule has 1 atom stereocenters. The molecule has 0 fully saturated rings. The Morgan fingerprint density at radius 2 is 2.17 bits per heavy atom. The summed E-state index contributed by atoms with van der Waals surface area (Å²) in [6.07, 6.45) is 3.15. The van der Waals surface area contributed by atoms with Crippen molar-refractivity contribution in [2.24, 2.45) is 5.92 Å². The van der Waals surface area contributed by atoms with E-state index in [1.807, 2.05) is 24.3 Å². The van der Waals surface area contributed by atoms with Gasteiger partial charge in [0.15, 0.2) is 0 Å². The molecule has 23 heavy (non-hydrogen) atoms. The molecule has 2 amide bonds. The summed E-state index contributed by atoms with van der Waals surface area (Å²) < 4.78 is 1.74. The summed E-state index contributed by atoms with van der Waals surface area (Å²) in [4.78, 5) is 17.5. The molecule has 7 nitrogen and oxygen atoms in total. The summed E-state index contributed by atoms with van der Waals surface area (Å²) in [5.41, 5.74) is 2.10. The Bertz CT molecular complexity index is 676. The summed E-state index contributed by atoms with van der Waals surface area (Å²) in [6, 6.07) is 9.81. The van der Waals surface area contributed by atoms with Crippen molar-refractivity contribution in [3.05, 3.63) is 48.0 Å². The zero-order chi connectivity index (χ0) is 16.7. The summed E-state index contributed by atoms with van der Waals surface area (Å²) in [7, 11) is 1.69. The van der Waals surface area contributed by atoms with Gasteiger partial charge < -0.3 is 10.2 Å². The maximum atomic E-state index is 12.1. The summed E-state index contributed by atoms with van der Waals surface area (Å²) >= 11 is 0. The zero-order valence-corrected chi connectivity index (χ0v) is 13.3. The fourth-order valence-electron chi connectivity index (χ4n) is 2.21. The Kier molecular flexibility index (Phi) is 5.69. The molecule has 0 spiro atoms. The molecule has 0 bridgehead atoms. The van der Waals surface area contributed by atoms with Crippen LogP contribution in [0, 0.1) is 17.2 Å².